The normalized spacial score (nSPS) is 21.4. The van der Waals surface area contributed by atoms with E-state index in [2.05, 4.69) is 52.2 Å². The number of amides is 1. The maximum atomic E-state index is 13.1. The van der Waals surface area contributed by atoms with Crippen molar-refractivity contribution in [2.45, 2.75) is 52.1 Å². The summed E-state index contributed by atoms with van der Waals surface area (Å²) in [7, 11) is 0. The number of aromatic nitrogens is 2. The Morgan fingerprint density at radius 2 is 2.00 bits per heavy atom. The van der Waals surface area contributed by atoms with Crippen molar-refractivity contribution in [3.05, 3.63) is 40.0 Å². The van der Waals surface area contributed by atoms with E-state index in [1.165, 1.54) is 15.8 Å². The summed E-state index contributed by atoms with van der Waals surface area (Å²) < 4.78 is 1.21. The Labute approximate surface area is 169 Å². The molecule has 6 heteroatoms. The fourth-order valence-corrected chi connectivity index (χ4v) is 6.08. The van der Waals surface area contributed by atoms with Crippen molar-refractivity contribution in [3.8, 4) is 11.3 Å². The summed E-state index contributed by atoms with van der Waals surface area (Å²) in [5, 5.41) is 3.47. The van der Waals surface area contributed by atoms with Crippen LogP contribution in [0.4, 0.5) is 0 Å². The van der Waals surface area contributed by atoms with Crippen molar-refractivity contribution < 1.29 is 4.79 Å². The van der Waals surface area contributed by atoms with E-state index >= 15 is 0 Å². The van der Waals surface area contributed by atoms with Crippen LogP contribution in [0.2, 0.25) is 0 Å². The first-order valence-electron chi connectivity index (χ1n) is 10.1. The molecule has 28 heavy (non-hydrogen) atoms. The standard InChI is InChI=1S/C22H26N4OS/c1-11(2)19-20(14-5-12(3)24-13(4)6-14)25-17-8-18(28-21(17)19)22(27)26-10-15-7-16(26)9-23-15/h5-6,8,11,15-16,23,25H,7,9-10H2,1-4H3. The van der Waals surface area contributed by atoms with Crippen LogP contribution in [0.3, 0.4) is 0 Å². The molecule has 2 N–H and O–H groups in total. The molecular formula is C22H26N4OS. The molecule has 2 unspecified atom stereocenters. The smallest absolute Gasteiger partial charge is 0.264 e. The molecule has 1 amide bonds. The second-order valence-corrected chi connectivity index (χ2v) is 9.56. The molecule has 2 aliphatic heterocycles. The van der Waals surface area contributed by atoms with Crippen LogP contribution in [-0.2, 0) is 0 Å². The maximum Gasteiger partial charge on any atom is 0.264 e. The molecule has 2 fully saturated rings. The predicted molar refractivity (Wildman–Crippen MR) is 114 cm³/mol. The lowest BCUT2D eigenvalue weighted by Gasteiger charge is -2.26. The van der Waals surface area contributed by atoms with Gasteiger partial charge in [-0.1, -0.05) is 13.8 Å². The maximum absolute atomic E-state index is 13.1. The molecule has 5 rings (SSSR count). The van der Waals surface area contributed by atoms with Crippen molar-refractivity contribution in [1.29, 1.82) is 0 Å². The van der Waals surface area contributed by atoms with Gasteiger partial charge >= 0.3 is 0 Å². The molecule has 5 nitrogen and oxygen atoms in total. The van der Waals surface area contributed by atoms with Gasteiger partial charge in [0.1, 0.15) is 0 Å². The van der Waals surface area contributed by atoms with Crippen molar-refractivity contribution in [2.75, 3.05) is 13.1 Å². The first kappa shape index (κ1) is 17.9. The lowest BCUT2D eigenvalue weighted by Crippen LogP contribution is -2.46. The summed E-state index contributed by atoms with van der Waals surface area (Å²) in [5.74, 6) is 0.557. The van der Waals surface area contributed by atoms with Gasteiger partial charge in [-0.25, -0.2) is 0 Å². The molecule has 0 aliphatic carbocycles. The second kappa shape index (κ2) is 6.42. The zero-order chi connectivity index (χ0) is 19.6. The van der Waals surface area contributed by atoms with Crippen LogP contribution in [-0.4, -0.2) is 45.9 Å². The van der Waals surface area contributed by atoms with Gasteiger partial charge in [-0.3, -0.25) is 9.78 Å². The van der Waals surface area contributed by atoms with Crippen LogP contribution in [0.5, 0.6) is 0 Å². The molecule has 2 aliphatic rings. The topological polar surface area (TPSA) is 61.0 Å². The summed E-state index contributed by atoms with van der Waals surface area (Å²) in [4.78, 5) is 24.2. The summed E-state index contributed by atoms with van der Waals surface area (Å²) >= 11 is 1.64. The van der Waals surface area contributed by atoms with Crippen LogP contribution in [0, 0.1) is 13.8 Å². The van der Waals surface area contributed by atoms with Gasteiger partial charge in [-0.05, 0) is 49.9 Å². The Morgan fingerprint density at radius 3 is 2.61 bits per heavy atom. The molecule has 146 valence electrons. The van der Waals surface area contributed by atoms with Crippen LogP contribution in [0.25, 0.3) is 21.5 Å². The molecule has 3 aromatic rings. The van der Waals surface area contributed by atoms with E-state index in [9.17, 15) is 4.79 Å². The zero-order valence-corrected chi connectivity index (χ0v) is 17.6. The number of carbonyl (C=O) groups is 1. The summed E-state index contributed by atoms with van der Waals surface area (Å²) in [5.41, 5.74) is 6.75. The Bertz CT molecular complexity index is 1060. The number of nitrogens with zero attached hydrogens (tertiary/aromatic N) is 2. The summed E-state index contributed by atoms with van der Waals surface area (Å²) in [6.45, 7) is 10.3. The van der Waals surface area contributed by atoms with Crippen molar-refractivity contribution in [2.24, 2.45) is 0 Å². The quantitative estimate of drug-likeness (QED) is 0.699. The number of aromatic amines is 1. The lowest BCUT2D eigenvalue weighted by atomic mass is 9.99. The highest BCUT2D eigenvalue weighted by Gasteiger charge is 2.40. The van der Waals surface area contributed by atoms with E-state index in [4.69, 9.17) is 0 Å². The van der Waals surface area contributed by atoms with E-state index < -0.39 is 0 Å². The molecule has 0 radical (unpaired) electrons. The number of carbonyl (C=O) groups excluding carboxylic acids is 1. The van der Waals surface area contributed by atoms with E-state index in [0.29, 0.717) is 18.0 Å². The van der Waals surface area contributed by atoms with Crippen molar-refractivity contribution in [1.82, 2.24) is 20.2 Å². The number of hydrogen-bond acceptors (Lipinski definition) is 4. The van der Waals surface area contributed by atoms with Gasteiger partial charge in [0.2, 0.25) is 0 Å². The first-order valence-corrected chi connectivity index (χ1v) is 10.9. The third-order valence-electron chi connectivity index (χ3n) is 5.98. The molecule has 0 spiro atoms. The van der Waals surface area contributed by atoms with Crippen LogP contribution in [0.1, 0.15) is 52.8 Å². The van der Waals surface area contributed by atoms with Gasteiger partial charge in [0.15, 0.2) is 0 Å². The van der Waals surface area contributed by atoms with Crippen molar-refractivity contribution >= 4 is 27.5 Å². The number of fused-ring (bicyclic) bond motifs is 3. The number of aryl methyl sites for hydroxylation is 2. The number of likely N-dealkylation sites (tertiary alicyclic amines) is 1. The third-order valence-corrected chi connectivity index (χ3v) is 7.14. The molecule has 0 saturated carbocycles. The second-order valence-electron chi connectivity index (χ2n) is 8.51. The highest BCUT2D eigenvalue weighted by molar-refractivity contribution is 7.21. The molecule has 5 heterocycles. The highest BCUT2D eigenvalue weighted by Crippen LogP contribution is 2.40. The van der Waals surface area contributed by atoms with Gasteiger partial charge < -0.3 is 15.2 Å². The minimum Gasteiger partial charge on any atom is -0.354 e. The highest BCUT2D eigenvalue weighted by atomic mass is 32.1. The zero-order valence-electron chi connectivity index (χ0n) is 16.8. The summed E-state index contributed by atoms with van der Waals surface area (Å²) in [6.07, 6.45) is 1.09. The van der Waals surface area contributed by atoms with Gasteiger partial charge in [0.05, 0.1) is 20.8 Å². The number of thiophene rings is 1. The van der Waals surface area contributed by atoms with Gasteiger partial charge in [-0.2, -0.15) is 0 Å². The Balaban J connectivity index is 1.57. The number of rotatable bonds is 3. The Kier molecular flexibility index (Phi) is 4.10. The number of piperazine rings is 1. The number of pyridine rings is 1. The van der Waals surface area contributed by atoms with E-state index in [1.807, 2.05) is 13.8 Å². The van der Waals surface area contributed by atoms with Gasteiger partial charge in [0.25, 0.3) is 5.91 Å². The van der Waals surface area contributed by atoms with Crippen LogP contribution < -0.4 is 5.32 Å². The fraction of sp³-hybridized carbons (Fsp3) is 0.455. The van der Waals surface area contributed by atoms with Gasteiger partial charge in [-0.15, -0.1) is 11.3 Å². The molecule has 0 aromatic carbocycles. The molecule has 3 aromatic heterocycles. The average Bonchev–Trinajstić information content (AvgIpc) is 3.38. The van der Waals surface area contributed by atoms with E-state index in [1.54, 1.807) is 11.3 Å². The monoisotopic (exact) mass is 394 g/mol. The first-order chi connectivity index (χ1) is 13.4. The van der Waals surface area contributed by atoms with Crippen molar-refractivity contribution in [3.63, 3.8) is 0 Å². The largest absolute Gasteiger partial charge is 0.354 e. The SMILES string of the molecule is Cc1cc(-c2[nH]c3cc(C(=O)N4CC5CC4CN5)sc3c2C(C)C)cc(C)n1. The minimum atomic E-state index is 0.190. The van der Waals surface area contributed by atoms with E-state index in [0.717, 1.165) is 47.0 Å². The number of nitrogens with one attached hydrogen (secondary N) is 2. The fourth-order valence-electron chi connectivity index (χ4n) is 4.81. The summed E-state index contributed by atoms with van der Waals surface area (Å²) in [6, 6.07) is 7.16. The predicted octanol–water partition coefficient (Wildman–Crippen LogP) is 4.22. The lowest BCUT2D eigenvalue weighted by molar-refractivity contribution is 0.0721. The molecular weight excluding hydrogens is 368 g/mol. The third kappa shape index (κ3) is 2.78. The van der Waals surface area contributed by atoms with Gasteiger partial charge in [0, 0.05) is 42.1 Å². The van der Waals surface area contributed by atoms with Crippen LogP contribution >= 0.6 is 11.3 Å². The molecule has 2 bridgehead atoms. The molecule has 2 atom stereocenters. The Morgan fingerprint density at radius 1 is 1.25 bits per heavy atom. The van der Waals surface area contributed by atoms with Crippen LogP contribution in [0.15, 0.2) is 18.2 Å². The van der Waals surface area contributed by atoms with E-state index in [-0.39, 0.29) is 5.91 Å². The molecule has 2 saturated heterocycles. The minimum absolute atomic E-state index is 0.190. The number of hydrogen-bond donors (Lipinski definition) is 2. The Hall–Kier alpha value is -2.18. The number of H-pyrrole nitrogens is 1. The average molecular weight is 395 g/mol.